The summed E-state index contributed by atoms with van der Waals surface area (Å²) in [6.45, 7) is 1.44. The van der Waals surface area contributed by atoms with E-state index in [-0.39, 0.29) is 35.3 Å². The van der Waals surface area contributed by atoms with Crippen LogP contribution >= 0.6 is 0 Å². The summed E-state index contributed by atoms with van der Waals surface area (Å²) in [5.74, 6) is -0.606. The Morgan fingerprint density at radius 3 is 2.28 bits per heavy atom. The average molecular weight is 518 g/mol. The predicted molar refractivity (Wildman–Crippen MR) is 125 cm³/mol. The molecule has 4 rings (SSSR count). The first-order chi connectivity index (χ1) is 17.2. The summed E-state index contributed by atoms with van der Waals surface area (Å²) in [6.07, 6.45) is 4.20. The molecule has 0 amide bonds. The van der Waals surface area contributed by atoms with Gasteiger partial charge in [-0.3, -0.25) is 14.3 Å². The Hall–Kier alpha value is -4.20. The molecule has 36 heavy (non-hydrogen) atoms. The number of ether oxygens (including phenoxy) is 2. The standard InChI is InChI=1S/C22H21F2N7O4S/c1-13(7-19-26-11-16(24)12-27-19)36(32,33)30-22-29-28-21(14-8-15(23)10-25-9-14)31(22)20-17(34-2)5-4-6-18(20)35-3/h4-6,8-13H,7H2,1-3H3,(H,29,30)/t13-/m0/s1. The predicted octanol–water partition coefficient (Wildman–Crippen LogP) is 2.79. The van der Waals surface area contributed by atoms with Gasteiger partial charge in [-0.15, -0.1) is 10.2 Å². The van der Waals surface area contributed by atoms with Crippen molar-refractivity contribution in [1.29, 1.82) is 0 Å². The molecule has 0 aliphatic carbocycles. The van der Waals surface area contributed by atoms with Crippen molar-refractivity contribution in [2.75, 3.05) is 18.9 Å². The molecule has 0 aliphatic rings. The number of sulfonamides is 1. The van der Waals surface area contributed by atoms with Crippen molar-refractivity contribution in [1.82, 2.24) is 29.7 Å². The van der Waals surface area contributed by atoms with E-state index in [2.05, 4.69) is 29.9 Å². The summed E-state index contributed by atoms with van der Waals surface area (Å²) in [6, 6.07) is 6.14. The lowest BCUT2D eigenvalue weighted by atomic mass is 10.2. The van der Waals surface area contributed by atoms with Gasteiger partial charge in [-0.05, 0) is 25.1 Å². The zero-order chi connectivity index (χ0) is 25.9. The maximum atomic E-state index is 14.0. The summed E-state index contributed by atoms with van der Waals surface area (Å²) >= 11 is 0. The largest absolute Gasteiger partial charge is 0.494 e. The van der Waals surface area contributed by atoms with Gasteiger partial charge in [-0.25, -0.2) is 27.2 Å². The van der Waals surface area contributed by atoms with Crippen molar-refractivity contribution in [2.24, 2.45) is 0 Å². The lowest BCUT2D eigenvalue weighted by molar-refractivity contribution is 0.391. The molecule has 1 aromatic carbocycles. The molecule has 1 N–H and O–H groups in total. The fraction of sp³-hybridized carbons (Fsp3) is 0.227. The van der Waals surface area contributed by atoms with E-state index in [4.69, 9.17) is 9.47 Å². The molecule has 14 heteroatoms. The molecule has 0 unspecified atom stereocenters. The van der Waals surface area contributed by atoms with Gasteiger partial charge in [-0.2, -0.15) is 0 Å². The average Bonchev–Trinajstić information content (AvgIpc) is 3.27. The van der Waals surface area contributed by atoms with Gasteiger partial charge in [0, 0.05) is 18.2 Å². The first-order valence-corrected chi connectivity index (χ1v) is 12.0. The normalized spacial score (nSPS) is 12.2. The van der Waals surface area contributed by atoms with Gasteiger partial charge in [0.15, 0.2) is 11.6 Å². The van der Waals surface area contributed by atoms with Crippen LogP contribution in [0.5, 0.6) is 11.5 Å². The number of hydrogen-bond acceptors (Lipinski definition) is 9. The molecular weight excluding hydrogens is 496 g/mol. The number of para-hydroxylation sites is 1. The number of nitrogens with zero attached hydrogens (tertiary/aromatic N) is 6. The molecule has 0 bridgehead atoms. The van der Waals surface area contributed by atoms with Crippen LogP contribution < -0.4 is 14.2 Å². The van der Waals surface area contributed by atoms with Crippen LogP contribution in [0.15, 0.2) is 49.1 Å². The Labute approximate surface area is 205 Å². The fourth-order valence-electron chi connectivity index (χ4n) is 3.37. The van der Waals surface area contributed by atoms with Crippen LogP contribution in [0.1, 0.15) is 12.7 Å². The van der Waals surface area contributed by atoms with Crippen LogP contribution in [0.25, 0.3) is 17.1 Å². The lowest BCUT2D eigenvalue weighted by Crippen LogP contribution is -2.29. The van der Waals surface area contributed by atoms with Crippen LogP contribution in [0.2, 0.25) is 0 Å². The first-order valence-electron chi connectivity index (χ1n) is 10.5. The summed E-state index contributed by atoms with van der Waals surface area (Å²) in [7, 11) is -1.22. The molecule has 188 valence electrons. The number of hydrogen-bond donors (Lipinski definition) is 1. The summed E-state index contributed by atoms with van der Waals surface area (Å²) in [5, 5.41) is 7.07. The number of anilines is 1. The van der Waals surface area contributed by atoms with Gasteiger partial charge in [0.2, 0.25) is 16.0 Å². The van der Waals surface area contributed by atoms with E-state index in [0.717, 1.165) is 18.6 Å². The molecule has 4 aromatic rings. The van der Waals surface area contributed by atoms with Gasteiger partial charge in [0.25, 0.3) is 0 Å². The van der Waals surface area contributed by atoms with Gasteiger partial charge in [0.05, 0.1) is 38.1 Å². The summed E-state index contributed by atoms with van der Waals surface area (Å²) in [4.78, 5) is 11.5. The minimum atomic E-state index is -4.09. The Kier molecular flexibility index (Phi) is 7.05. The molecule has 0 spiro atoms. The lowest BCUT2D eigenvalue weighted by Gasteiger charge is -2.19. The molecule has 0 aliphatic heterocycles. The van der Waals surface area contributed by atoms with Crippen molar-refractivity contribution in [3.8, 4) is 28.6 Å². The molecule has 11 nitrogen and oxygen atoms in total. The third-order valence-corrected chi connectivity index (χ3v) is 6.85. The van der Waals surface area contributed by atoms with E-state index in [9.17, 15) is 17.2 Å². The highest BCUT2D eigenvalue weighted by Crippen LogP contribution is 2.37. The SMILES string of the molecule is COc1cccc(OC)c1-n1c(NS(=O)(=O)[C@@H](C)Cc2ncc(F)cn2)nnc1-c1cncc(F)c1. The van der Waals surface area contributed by atoms with E-state index >= 15 is 0 Å². The van der Waals surface area contributed by atoms with Crippen molar-refractivity contribution in [3.05, 3.63) is 66.5 Å². The Bertz CT molecular complexity index is 1460. The molecule has 0 saturated heterocycles. The number of pyridine rings is 1. The zero-order valence-electron chi connectivity index (χ0n) is 19.4. The smallest absolute Gasteiger partial charge is 0.243 e. The number of rotatable bonds is 9. The van der Waals surface area contributed by atoms with Crippen molar-refractivity contribution in [3.63, 3.8) is 0 Å². The van der Waals surface area contributed by atoms with Crippen LogP contribution in [-0.4, -0.2) is 57.6 Å². The van der Waals surface area contributed by atoms with Crippen molar-refractivity contribution < 1.29 is 26.7 Å². The maximum Gasteiger partial charge on any atom is 0.243 e. The van der Waals surface area contributed by atoms with Crippen LogP contribution in [0.4, 0.5) is 14.7 Å². The highest BCUT2D eigenvalue weighted by atomic mass is 32.2. The molecule has 1 atom stereocenters. The van der Waals surface area contributed by atoms with Crippen molar-refractivity contribution >= 4 is 16.0 Å². The molecular formula is C22H21F2N7O4S. The topological polar surface area (TPSA) is 134 Å². The minimum Gasteiger partial charge on any atom is -0.494 e. The van der Waals surface area contributed by atoms with Gasteiger partial charge in [-0.1, -0.05) is 6.07 Å². The third kappa shape index (κ3) is 5.07. The van der Waals surface area contributed by atoms with Gasteiger partial charge >= 0.3 is 0 Å². The van der Waals surface area contributed by atoms with E-state index in [1.54, 1.807) is 18.2 Å². The van der Waals surface area contributed by atoms with Gasteiger partial charge < -0.3 is 9.47 Å². The van der Waals surface area contributed by atoms with E-state index in [1.165, 1.54) is 38.0 Å². The third-order valence-electron chi connectivity index (χ3n) is 5.16. The van der Waals surface area contributed by atoms with Crippen LogP contribution in [0.3, 0.4) is 0 Å². The maximum absolute atomic E-state index is 14.0. The Morgan fingerprint density at radius 2 is 1.67 bits per heavy atom. The fourth-order valence-corrected chi connectivity index (χ4v) is 4.33. The molecule has 3 heterocycles. The number of halogens is 2. The number of aromatic nitrogens is 6. The number of nitrogens with one attached hydrogen (secondary N) is 1. The second kappa shape index (κ2) is 10.2. The molecule has 0 radical (unpaired) electrons. The minimum absolute atomic E-state index is 0.0806. The van der Waals surface area contributed by atoms with Crippen molar-refractivity contribution in [2.45, 2.75) is 18.6 Å². The zero-order valence-corrected chi connectivity index (χ0v) is 20.2. The second-order valence-corrected chi connectivity index (χ2v) is 9.66. The van der Waals surface area contributed by atoms with E-state index in [0.29, 0.717) is 11.5 Å². The van der Waals surface area contributed by atoms with Gasteiger partial charge in [0.1, 0.15) is 28.8 Å². The highest BCUT2D eigenvalue weighted by Gasteiger charge is 2.28. The molecule has 0 saturated carbocycles. The highest BCUT2D eigenvalue weighted by molar-refractivity contribution is 7.93. The summed E-state index contributed by atoms with van der Waals surface area (Å²) < 4.78 is 68.2. The molecule has 0 fully saturated rings. The quantitative estimate of drug-likeness (QED) is 0.356. The Balaban J connectivity index is 1.81. The Morgan fingerprint density at radius 1 is 1.00 bits per heavy atom. The monoisotopic (exact) mass is 517 g/mol. The second-order valence-electron chi connectivity index (χ2n) is 7.56. The number of benzene rings is 1. The molecule has 3 aromatic heterocycles. The summed E-state index contributed by atoms with van der Waals surface area (Å²) in [5.41, 5.74) is 0.507. The first kappa shape index (κ1) is 24.9. The van der Waals surface area contributed by atoms with Crippen LogP contribution in [0, 0.1) is 11.6 Å². The van der Waals surface area contributed by atoms with Crippen LogP contribution in [-0.2, 0) is 16.4 Å². The van der Waals surface area contributed by atoms with E-state index in [1.807, 2.05) is 0 Å². The number of methoxy groups -OCH3 is 2. The van der Waals surface area contributed by atoms with E-state index < -0.39 is 26.9 Å².